The van der Waals surface area contributed by atoms with Crippen molar-refractivity contribution < 1.29 is 68.9 Å². The number of ether oxygens (including phenoxy) is 2. The first-order chi connectivity index (χ1) is 26.2. The molecule has 2 unspecified atom stereocenters. The number of amides is 2. The van der Waals surface area contributed by atoms with Crippen molar-refractivity contribution in [3.8, 4) is 34.5 Å². The number of carbonyl (C=O) groups excluding carboxylic acids is 6. The zero-order valence-electron chi connectivity index (χ0n) is 30.2. The van der Waals surface area contributed by atoms with E-state index in [9.17, 15) is 59.4 Å². The second-order valence-corrected chi connectivity index (χ2v) is 13.6. The van der Waals surface area contributed by atoms with Gasteiger partial charge in [0, 0.05) is 60.2 Å². The zero-order valence-corrected chi connectivity index (χ0v) is 31.7. The van der Waals surface area contributed by atoms with Crippen LogP contribution in [0.5, 0.6) is 34.5 Å². The molecule has 0 aromatic heterocycles. The Kier molecular flexibility index (Phi) is 13.3. The van der Waals surface area contributed by atoms with Gasteiger partial charge in [-0.15, -0.1) is 0 Å². The van der Waals surface area contributed by atoms with E-state index in [-0.39, 0.29) is 92.9 Å². The minimum absolute atomic E-state index is 0.0240. The van der Waals surface area contributed by atoms with Crippen LogP contribution < -0.4 is 10.6 Å². The number of allylic oxidation sites excluding steroid dienone is 3. The SMILES string of the molecule is CC1=C(CC(C)OC(=O)c2cc(Cl)c(O)cc2O)C(=O)C(NC=O)=CC1=O.Cc1c(O)cc2c(O)c1CC(C)OC(=O)c1c(O)cc(O)c(Cl)c1CCC(=O)N2. The van der Waals surface area contributed by atoms with Gasteiger partial charge in [-0.25, -0.2) is 9.59 Å². The van der Waals surface area contributed by atoms with Gasteiger partial charge in [0.25, 0.3) is 0 Å². The first-order valence-electron chi connectivity index (χ1n) is 16.7. The van der Waals surface area contributed by atoms with Crippen molar-refractivity contribution in [2.24, 2.45) is 0 Å². The average Bonchev–Trinajstić information content (AvgIpc) is 3.12. The maximum absolute atomic E-state index is 12.7. The molecule has 2 amide bonds. The smallest absolute Gasteiger partial charge is 0.342 e. The van der Waals surface area contributed by atoms with Gasteiger partial charge in [-0.2, -0.15) is 0 Å². The average molecular weight is 816 g/mol. The molecule has 2 aliphatic rings. The molecule has 0 radical (unpaired) electrons. The molecule has 296 valence electrons. The molecule has 18 heteroatoms. The van der Waals surface area contributed by atoms with Crippen molar-refractivity contribution in [2.75, 3.05) is 5.32 Å². The van der Waals surface area contributed by atoms with E-state index < -0.39 is 64.6 Å². The number of Topliss-reactive ketones (excluding diaryl/α,β-unsaturated/α-hetero) is 1. The summed E-state index contributed by atoms with van der Waals surface area (Å²) in [6, 6.07) is 4.13. The Morgan fingerprint density at radius 3 is 2.27 bits per heavy atom. The number of aromatic hydroxyl groups is 6. The number of phenolic OH excluding ortho intramolecular Hbond substituents is 6. The second kappa shape index (κ2) is 17.5. The standard InChI is InChI=1S/C20H20ClNO7.C18H16ClNO7/c1-8-5-11-9(2)13(23)6-12(19(11)27)22-16(26)4-3-10-17(20(28)29-8)14(24)7-15(25)18(10)21;1-8(27-18(26)11-4-12(19)16(24)6-15(11)23)3-10-9(2)14(22)5-13(17(10)25)20-7-21/h6-8,23-25,27H,3-5H2,1-2H3,(H,22,26);4-8,23-24H,3H2,1-2H3,(H,20,21). The monoisotopic (exact) mass is 814 g/mol. The summed E-state index contributed by atoms with van der Waals surface area (Å²) in [5.41, 5.74) is 0.447. The van der Waals surface area contributed by atoms with E-state index in [4.69, 9.17) is 32.7 Å². The number of ketones is 2. The molecule has 56 heavy (non-hydrogen) atoms. The Bertz CT molecular complexity index is 2230. The lowest BCUT2D eigenvalue weighted by molar-refractivity contribution is -0.117. The number of phenols is 6. The molecule has 0 spiro atoms. The summed E-state index contributed by atoms with van der Waals surface area (Å²) in [5.74, 6) is -5.54. The molecule has 3 aromatic rings. The number of hydrogen-bond acceptors (Lipinski definition) is 14. The number of esters is 2. The summed E-state index contributed by atoms with van der Waals surface area (Å²) >= 11 is 11.8. The van der Waals surface area contributed by atoms with Crippen LogP contribution >= 0.6 is 23.2 Å². The zero-order chi connectivity index (χ0) is 41.8. The highest BCUT2D eigenvalue weighted by Gasteiger charge is 2.30. The molecule has 2 bridgehead atoms. The molecule has 0 saturated carbocycles. The maximum atomic E-state index is 12.7. The van der Waals surface area contributed by atoms with Crippen LogP contribution in [-0.2, 0) is 41.5 Å². The van der Waals surface area contributed by atoms with Crippen LogP contribution in [0.3, 0.4) is 0 Å². The third-order valence-electron chi connectivity index (χ3n) is 8.78. The number of hydrogen-bond donors (Lipinski definition) is 8. The van der Waals surface area contributed by atoms with E-state index in [1.807, 2.05) is 0 Å². The minimum atomic E-state index is -0.920. The predicted octanol–water partition coefficient (Wildman–Crippen LogP) is 4.93. The van der Waals surface area contributed by atoms with Crippen LogP contribution in [0.1, 0.15) is 71.0 Å². The van der Waals surface area contributed by atoms with Crippen molar-refractivity contribution in [3.05, 3.63) is 85.0 Å². The lowest BCUT2D eigenvalue weighted by Crippen LogP contribution is -2.29. The Balaban J connectivity index is 0.000000249. The van der Waals surface area contributed by atoms with Gasteiger partial charge in [-0.1, -0.05) is 23.2 Å². The maximum Gasteiger partial charge on any atom is 0.342 e. The molecular formula is C38H36Cl2N2O14. The van der Waals surface area contributed by atoms with E-state index in [1.54, 1.807) is 13.8 Å². The Labute approximate surface area is 328 Å². The number of benzene rings is 3. The minimum Gasteiger partial charge on any atom is -0.508 e. The Morgan fingerprint density at radius 2 is 1.61 bits per heavy atom. The quantitative estimate of drug-likeness (QED) is 0.0540. The third-order valence-corrected chi connectivity index (χ3v) is 9.50. The van der Waals surface area contributed by atoms with Gasteiger partial charge in [0.05, 0.1) is 21.4 Å². The van der Waals surface area contributed by atoms with Crippen molar-refractivity contribution in [1.82, 2.24) is 5.32 Å². The summed E-state index contributed by atoms with van der Waals surface area (Å²) < 4.78 is 10.6. The highest BCUT2D eigenvalue weighted by molar-refractivity contribution is 6.33. The van der Waals surface area contributed by atoms with Crippen molar-refractivity contribution in [3.63, 3.8) is 0 Å². The molecule has 0 saturated heterocycles. The largest absolute Gasteiger partial charge is 0.508 e. The van der Waals surface area contributed by atoms with Crippen molar-refractivity contribution in [1.29, 1.82) is 0 Å². The summed E-state index contributed by atoms with van der Waals surface area (Å²) in [5, 5.41) is 64.3. The summed E-state index contributed by atoms with van der Waals surface area (Å²) in [6.07, 6.45) is -0.563. The number of cyclic esters (lactones) is 1. The molecule has 1 aliphatic heterocycles. The van der Waals surface area contributed by atoms with E-state index in [1.165, 1.54) is 19.9 Å². The van der Waals surface area contributed by atoms with Crippen LogP contribution in [-0.4, -0.2) is 78.7 Å². The normalized spacial score (nSPS) is 16.3. The highest BCUT2D eigenvalue weighted by Crippen LogP contribution is 2.40. The van der Waals surface area contributed by atoms with Crippen molar-refractivity contribution in [2.45, 2.75) is 65.6 Å². The van der Waals surface area contributed by atoms with Gasteiger partial charge in [0.15, 0.2) is 5.78 Å². The fraction of sp³-hybridized carbons (Fsp3) is 0.263. The number of carbonyl (C=O) groups is 6. The molecule has 0 fully saturated rings. The topological polar surface area (TPSA) is 266 Å². The van der Waals surface area contributed by atoms with Crippen LogP contribution in [0.2, 0.25) is 10.0 Å². The summed E-state index contributed by atoms with van der Waals surface area (Å²) in [6.45, 7) is 6.13. The number of fused-ring (bicyclic) bond motifs is 3. The van der Waals surface area contributed by atoms with Gasteiger partial charge in [0.2, 0.25) is 18.1 Å². The predicted molar refractivity (Wildman–Crippen MR) is 199 cm³/mol. The molecular weight excluding hydrogens is 779 g/mol. The van der Waals surface area contributed by atoms with E-state index >= 15 is 0 Å². The van der Waals surface area contributed by atoms with Gasteiger partial charge < -0.3 is 50.7 Å². The van der Waals surface area contributed by atoms with Gasteiger partial charge >= 0.3 is 11.9 Å². The first-order valence-corrected chi connectivity index (χ1v) is 17.4. The van der Waals surface area contributed by atoms with E-state index in [0.29, 0.717) is 11.1 Å². The van der Waals surface area contributed by atoms with Crippen LogP contribution in [0.25, 0.3) is 0 Å². The fourth-order valence-electron chi connectivity index (χ4n) is 5.81. The highest BCUT2D eigenvalue weighted by atomic mass is 35.5. The summed E-state index contributed by atoms with van der Waals surface area (Å²) in [7, 11) is 0. The number of rotatable bonds is 6. The molecule has 1 heterocycles. The van der Waals surface area contributed by atoms with Crippen LogP contribution in [0.15, 0.2) is 47.2 Å². The number of nitrogens with one attached hydrogen (secondary N) is 2. The first kappa shape index (κ1) is 42.5. The second-order valence-electron chi connectivity index (χ2n) is 12.8. The fourth-order valence-corrected chi connectivity index (χ4v) is 6.22. The molecule has 3 aromatic carbocycles. The van der Waals surface area contributed by atoms with E-state index in [2.05, 4.69) is 10.6 Å². The molecule has 8 N–H and O–H groups in total. The molecule has 2 atom stereocenters. The Morgan fingerprint density at radius 1 is 0.946 bits per heavy atom. The molecule has 5 rings (SSSR count). The Hall–Kier alpha value is -6.26. The van der Waals surface area contributed by atoms with Gasteiger partial charge in [-0.05, 0) is 51.3 Å². The van der Waals surface area contributed by atoms with Crippen LogP contribution in [0.4, 0.5) is 5.69 Å². The lowest BCUT2D eigenvalue weighted by atomic mass is 9.90. The van der Waals surface area contributed by atoms with Crippen molar-refractivity contribution >= 4 is 64.7 Å². The third kappa shape index (κ3) is 9.33. The number of halogens is 2. The van der Waals surface area contributed by atoms with Gasteiger partial charge in [0.1, 0.15) is 57.8 Å². The number of anilines is 1. The molecule has 1 aliphatic carbocycles. The van der Waals surface area contributed by atoms with Crippen LogP contribution in [0, 0.1) is 6.92 Å². The van der Waals surface area contributed by atoms with E-state index in [0.717, 1.165) is 24.3 Å². The summed E-state index contributed by atoms with van der Waals surface area (Å²) in [4.78, 5) is 72.2. The lowest BCUT2D eigenvalue weighted by Gasteiger charge is -2.20. The molecule has 16 nitrogen and oxygen atoms in total. The van der Waals surface area contributed by atoms with Gasteiger partial charge in [-0.3, -0.25) is 19.2 Å².